The predicted octanol–water partition coefficient (Wildman–Crippen LogP) is 3.16. The van der Waals surface area contributed by atoms with E-state index in [0.29, 0.717) is 16.9 Å². The lowest BCUT2D eigenvalue weighted by atomic mass is 10.0. The third-order valence-corrected chi connectivity index (χ3v) is 5.70. The molecule has 0 amide bonds. The summed E-state index contributed by atoms with van der Waals surface area (Å²) in [4.78, 5) is 12.6. The molecule has 35 heavy (non-hydrogen) atoms. The van der Waals surface area contributed by atoms with Gasteiger partial charge in [-0.1, -0.05) is 0 Å². The van der Waals surface area contributed by atoms with Gasteiger partial charge in [0.15, 0.2) is 40.6 Å². The van der Waals surface area contributed by atoms with Gasteiger partial charge in [0, 0.05) is 29.3 Å². The highest BCUT2D eigenvalue weighted by Crippen LogP contribution is 2.45. The summed E-state index contributed by atoms with van der Waals surface area (Å²) in [6.07, 6.45) is -1.70. The first kappa shape index (κ1) is 22.2. The van der Waals surface area contributed by atoms with Gasteiger partial charge in [-0.05, 0) is 30.3 Å². The fourth-order valence-electron chi connectivity index (χ4n) is 4.03. The second-order valence-electron chi connectivity index (χ2n) is 7.94. The molecule has 2 heterocycles. The molecule has 0 saturated carbocycles. The molecule has 1 aromatic heterocycles. The Hall–Kier alpha value is -4.57. The van der Waals surface area contributed by atoms with Gasteiger partial charge in [-0.3, -0.25) is 4.79 Å². The molecule has 0 bridgehead atoms. The van der Waals surface area contributed by atoms with Crippen LogP contribution in [0.4, 0.5) is 0 Å². The van der Waals surface area contributed by atoms with Gasteiger partial charge in [-0.15, -0.1) is 0 Å². The average molecular weight is 480 g/mol. The lowest BCUT2D eigenvalue weighted by Crippen LogP contribution is -2.36. The first-order chi connectivity index (χ1) is 16.8. The molecular weight excluding hydrogens is 460 g/mol. The quantitative estimate of drug-likeness (QED) is 0.275. The molecule has 180 valence electrons. The topological polar surface area (TPSA) is 159 Å². The van der Waals surface area contributed by atoms with Crippen LogP contribution in [0.15, 0.2) is 57.7 Å². The Bertz CT molecular complexity index is 1510. The molecule has 1 aliphatic heterocycles. The second kappa shape index (κ2) is 8.33. The fraction of sp³-hybridized carbons (Fsp3) is 0.160. The highest BCUT2D eigenvalue weighted by atomic mass is 16.6. The third kappa shape index (κ3) is 3.79. The summed E-state index contributed by atoms with van der Waals surface area (Å²) < 4.78 is 22.8. The first-order valence-corrected chi connectivity index (χ1v) is 10.5. The summed E-state index contributed by atoms with van der Waals surface area (Å²) in [5, 5.41) is 49.5. The van der Waals surface area contributed by atoms with E-state index in [0.717, 1.165) is 6.07 Å². The average Bonchev–Trinajstić information content (AvgIpc) is 2.83. The number of aromatic hydroxyl groups is 4. The molecule has 10 heteroatoms. The van der Waals surface area contributed by atoms with Crippen LogP contribution >= 0.6 is 0 Å². The Balaban J connectivity index is 1.53. The minimum Gasteiger partial charge on any atom is -0.508 e. The molecule has 0 unspecified atom stereocenters. The van der Waals surface area contributed by atoms with Crippen molar-refractivity contribution in [2.45, 2.75) is 12.2 Å². The number of fused-ring (bicyclic) bond motifs is 2. The zero-order chi connectivity index (χ0) is 24.9. The van der Waals surface area contributed by atoms with Crippen LogP contribution in [0.1, 0.15) is 11.7 Å². The molecule has 0 saturated heterocycles. The van der Waals surface area contributed by atoms with E-state index in [1.54, 1.807) is 18.2 Å². The number of aliphatic hydroxyl groups is 1. The summed E-state index contributed by atoms with van der Waals surface area (Å²) >= 11 is 0. The van der Waals surface area contributed by atoms with Gasteiger partial charge in [0.05, 0.1) is 13.7 Å². The summed E-state index contributed by atoms with van der Waals surface area (Å²) in [6, 6.07) is 11.0. The Morgan fingerprint density at radius 2 is 1.71 bits per heavy atom. The van der Waals surface area contributed by atoms with Gasteiger partial charge < -0.3 is 44.2 Å². The maximum absolute atomic E-state index is 12.6. The van der Waals surface area contributed by atoms with Crippen LogP contribution in [0.25, 0.3) is 22.3 Å². The minimum absolute atomic E-state index is 0.00859. The zero-order valence-corrected chi connectivity index (χ0v) is 18.3. The van der Waals surface area contributed by atoms with Crippen LogP contribution in [0, 0.1) is 0 Å². The van der Waals surface area contributed by atoms with E-state index in [2.05, 4.69) is 0 Å². The SMILES string of the molecule is COc1cc([C@H]2Oc3ccc(-c4cc(=O)c5c(O)cc(O)cc5o4)cc3O[C@@H]2CO)cc(O)c1O. The van der Waals surface area contributed by atoms with Gasteiger partial charge in [-0.2, -0.15) is 0 Å². The maximum Gasteiger partial charge on any atom is 0.200 e. The van der Waals surface area contributed by atoms with Crippen LogP contribution in [0.2, 0.25) is 0 Å². The largest absolute Gasteiger partial charge is 0.508 e. The Labute approximate surface area is 197 Å². The Kier molecular flexibility index (Phi) is 5.29. The van der Waals surface area contributed by atoms with Crippen molar-refractivity contribution in [3.8, 4) is 51.6 Å². The van der Waals surface area contributed by atoms with Crippen molar-refractivity contribution in [1.29, 1.82) is 0 Å². The minimum atomic E-state index is -0.871. The van der Waals surface area contributed by atoms with Crippen molar-refractivity contribution in [3.05, 3.63) is 64.3 Å². The van der Waals surface area contributed by atoms with Gasteiger partial charge in [0.25, 0.3) is 0 Å². The standard InChI is InChI=1S/C25H20O10/c1-32-21-6-12(4-16(30)24(21)31)25-22(10-26)34-19-5-11(2-3-17(19)35-25)18-9-15(29)23-14(28)7-13(27)8-20(23)33-18/h2-9,22,25-28,30-31H,10H2,1H3/t22-,25-/m1/s1. The number of hydrogen-bond acceptors (Lipinski definition) is 10. The molecule has 5 rings (SSSR count). The smallest absolute Gasteiger partial charge is 0.200 e. The monoisotopic (exact) mass is 480 g/mol. The molecule has 5 N–H and O–H groups in total. The van der Waals surface area contributed by atoms with E-state index in [1.807, 2.05) is 0 Å². The molecule has 4 aromatic rings. The number of hydrogen-bond donors (Lipinski definition) is 5. The molecule has 10 nitrogen and oxygen atoms in total. The number of phenolic OH excluding ortho intramolecular Hbond substituents is 4. The highest BCUT2D eigenvalue weighted by molar-refractivity contribution is 5.86. The molecule has 0 aliphatic carbocycles. The number of aliphatic hydroxyl groups excluding tert-OH is 1. The van der Waals surface area contributed by atoms with E-state index in [1.165, 1.54) is 31.4 Å². The van der Waals surface area contributed by atoms with Gasteiger partial charge in [-0.25, -0.2) is 0 Å². The summed E-state index contributed by atoms with van der Waals surface area (Å²) in [5.74, 6) is -0.689. The van der Waals surface area contributed by atoms with E-state index in [-0.39, 0.29) is 34.0 Å². The van der Waals surface area contributed by atoms with Crippen molar-refractivity contribution in [2.75, 3.05) is 13.7 Å². The van der Waals surface area contributed by atoms with E-state index in [4.69, 9.17) is 18.6 Å². The molecule has 2 atom stereocenters. The van der Waals surface area contributed by atoms with Gasteiger partial charge in [0.2, 0.25) is 5.75 Å². The Morgan fingerprint density at radius 1 is 0.914 bits per heavy atom. The number of phenols is 4. The molecule has 0 radical (unpaired) electrons. The normalized spacial score (nSPS) is 16.9. The highest BCUT2D eigenvalue weighted by Gasteiger charge is 2.34. The van der Waals surface area contributed by atoms with Crippen molar-refractivity contribution < 1.29 is 44.2 Å². The van der Waals surface area contributed by atoms with E-state index >= 15 is 0 Å². The second-order valence-corrected chi connectivity index (χ2v) is 7.94. The molecule has 0 spiro atoms. The van der Waals surface area contributed by atoms with Crippen molar-refractivity contribution in [3.63, 3.8) is 0 Å². The molecule has 0 fully saturated rings. The van der Waals surface area contributed by atoms with Crippen molar-refractivity contribution >= 4 is 11.0 Å². The number of ether oxygens (including phenoxy) is 3. The number of methoxy groups -OCH3 is 1. The van der Waals surface area contributed by atoms with Gasteiger partial charge in [0.1, 0.15) is 28.2 Å². The van der Waals surface area contributed by atoms with Crippen LogP contribution in [0.5, 0.6) is 40.2 Å². The fourth-order valence-corrected chi connectivity index (χ4v) is 4.03. The molecular formula is C25H20O10. The summed E-state index contributed by atoms with van der Waals surface area (Å²) in [7, 11) is 1.34. The lowest BCUT2D eigenvalue weighted by Gasteiger charge is -2.33. The van der Waals surface area contributed by atoms with Gasteiger partial charge >= 0.3 is 0 Å². The lowest BCUT2D eigenvalue weighted by molar-refractivity contribution is -0.0124. The molecule has 3 aromatic carbocycles. The van der Waals surface area contributed by atoms with Crippen LogP contribution in [-0.2, 0) is 0 Å². The van der Waals surface area contributed by atoms with Crippen molar-refractivity contribution in [1.82, 2.24) is 0 Å². The third-order valence-electron chi connectivity index (χ3n) is 5.70. The maximum atomic E-state index is 12.6. The summed E-state index contributed by atoms with van der Waals surface area (Å²) in [6.45, 7) is -0.429. The van der Waals surface area contributed by atoms with Crippen LogP contribution < -0.4 is 19.6 Å². The summed E-state index contributed by atoms with van der Waals surface area (Å²) in [5.41, 5.74) is 0.372. The number of rotatable bonds is 4. The van der Waals surface area contributed by atoms with Crippen LogP contribution in [-0.4, -0.2) is 45.4 Å². The molecule has 1 aliphatic rings. The van der Waals surface area contributed by atoms with Crippen molar-refractivity contribution in [2.24, 2.45) is 0 Å². The predicted molar refractivity (Wildman–Crippen MR) is 122 cm³/mol. The van der Waals surface area contributed by atoms with E-state index in [9.17, 15) is 30.3 Å². The van der Waals surface area contributed by atoms with Crippen LogP contribution in [0.3, 0.4) is 0 Å². The zero-order valence-electron chi connectivity index (χ0n) is 18.3. The number of benzene rings is 3. The Morgan fingerprint density at radius 3 is 2.46 bits per heavy atom. The van der Waals surface area contributed by atoms with E-state index < -0.39 is 41.5 Å². The first-order valence-electron chi connectivity index (χ1n) is 10.5.